The van der Waals surface area contributed by atoms with Crippen molar-refractivity contribution in [3.05, 3.63) is 0 Å². The van der Waals surface area contributed by atoms with Crippen LogP contribution in [0.4, 0.5) is 0 Å². The van der Waals surface area contributed by atoms with E-state index in [-0.39, 0.29) is 0 Å². The Morgan fingerprint density at radius 2 is 1.20 bits per heavy atom. The maximum absolute atomic E-state index is 11.6. The molecule has 7 nitrogen and oxygen atoms in total. The Morgan fingerprint density at radius 1 is 0.800 bits per heavy atom. The molecule has 2 saturated heterocycles. The minimum atomic E-state index is -1.97. The summed E-state index contributed by atoms with van der Waals surface area (Å²) in [5.74, 6) is 0. The Labute approximate surface area is 121 Å². The van der Waals surface area contributed by atoms with Crippen LogP contribution in [0.15, 0.2) is 0 Å². The van der Waals surface area contributed by atoms with E-state index in [0.29, 0.717) is 13.2 Å². The van der Waals surface area contributed by atoms with E-state index in [9.17, 15) is 4.57 Å². The topological polar surface area (TPSA) is 66.1 Å². The van der Waals surface area contributed by atoms with Crippen molar-refractivity contribution in [2.24, 2.45) is 0 Å². The number of nitrogens with zero attached hydrogens (tertiary/aromatic N) is 2. The third-order valence-electron chi connectivity index (χ3n) is 3.63. The van der Waals surface area contributed by atoms with Crippen LogP contribution in [0.5, 0.6) is 0 Å². The average Bonchev–Trinajstić information content (AvgIpc) is 2.49. The van der Waals surface area contributed by atoms with Gasteiger partial charge in [0.1, 0.15) is 13.2 Å². The third-order valence-corrected chi connectivity index (χ3v) is 4.41. The molecule has 0 amide bonds. The fourth-order valence-electron chi connectivity index (χ4n) is 2.40. The lowest BCUT2D eigenvalue weighted by Gasteiger charge is -2.26. The van der Waals surface area contributed by atoms with E-state index in [1.807, 2.05) is 0 Å². The van der Waals surface area contributed by atoms with Gasteiger partial charge in [-0.05, 0) is 0 Å². The molecular weight excluding hydrogens is 279 g/mol. The highest BCUT2D eigenvalue weighted by molar-refractivity contribution is 7.33. The summed E-state index contributed by atoms with van der Waals surface area (Å²) in [7, 11) is -1.97. The molecule has 0 bridgehead atoms. The van der Waals surface area contributed by atoms with Gasteiger partial charge in [0, 0.05) is 70.0 Å². The Hall–Kier alpha value is -0.140. The molecule has 8 heteroatoms. The van der Waals surface area contributed by atoms with Crippen molar-refractivity contribution in [1.29, 1.82) is 0 Å². The lowest BCUT2D eigenvalue weighted by molar-refractivity contribution is 0.155. The summed E-state index contributed by atoms with van der Waals surface area (Å²) in [5, 5.41) is 6.60. The van der Waals surface area contributed by atoms with E-state index < -0.39 is 8.25 Å². The molecule has 2 aliphatic heterocycles. The summed E-state index contributed by atoms with van der Waals surface area (Å²) in [5.41, 5.74) is 0. The van der Waals surface area contributed by atoms with E-state index in [0.717, 1.165) is 65.4 Å². The van der Waals surface area contributed by atoms with Crippen LogP contribution in [0.1, 0.15) is 0 Å². The van der Waals surface area contributed by atoms with Gasteiger partial charge in [-0.1, -0.05) is 0 Å². The molecule has 0 spiro atoms. The fourth-order valence-corrected chi connectivity index (χ4v) is 2.93. The number of hydrogen-bond acceptors (Lipinski definition) is 7. The molecule has 0 aromatic carbocycles. The number of rotatable bonds is 8. The highest BCUT2D eigenvalue weighted by Gasteiger charge is 2.21. The van der Waals surface area contributed by atoms with Crippen molar-refractivity contribution in [2.75, 3.05) is 78.7 Å². The molecule has 0 aliphatic carbocycles. The predicted octanol–water partition coefficient (Wildman–Crippen LogP) is -0.513. The van der Waals surface area contributed by atoms with Gasteiger partial charge in [-0.3, -0.25) is 9.80 Å². The molecule has 2 aliphatic rings. The SMILES string of the molecule is O=[P+](OCCN1CCNCC1)OCCN1CCNCC1. The molecule has 2 heterocycles. The van der Waals surface area contributed by atoms with Gasteiger partial charge in [0.2, 0.25) is 0 Å². The van der Waals surface area contributed by atoms with Crippen LogP contribution in [0, 0.1) is 0 Å². The van der Waals surface area contributed by atoms with Crippen molar-refractivity contribution in [3.63, 3.8) is 0 Å². The summed E-state index contributed by atoms with van der Waals surface area (Å²) in [6, 6.07) is 0. The highest BCUT2D eigenvalue weighted by atomic mass is 31.1. The lowest BCUT2D eigenvalue weighted by atomic mass is 10.4. The van der Waals surface area contributed by atoms with Gasteiger partial charge >= 0.3 is 8.25 Å². The van der Waals surface area contributed by atoms with Crippen molar-refractivity contribution >= 4 is 8.25 Å². The number of piperazine rings is 2. The molecular formula is C12H26N4O3P+. The first kappa shape index (κ1) is 16.2. The first-order chi connectivity index (χ1) is 9.84. The molecule has 2 N–H and O–H groups in total. The quantitative estimate of drug-likeness (QED) is 0.585. The van der Waals surface area contributed by atoms with E-state index in [1.165, 1.54) is 0 Å². The third kappa shape index (κ3) is 6.54. The zero-order chi connectivity index (χ0) is 14.0. The second-order valence-electron chi connectivity index (χ2n) is 5.07. The second-order valence-corrected chi connectivity index (χ2v) is 6.04. The van der Waals surface area contributed by atoms with Gasteiger partial charge in [-0.25, -0.2) is 0 Å². The molecule has 0 saturated carbocycles. The Kier molecular flexibility index (Phi) is 7.90. The van der Waals surface area contributed by atoms with Crippen LogP contribution in [-0.4, -0.2) is 88.5 Å². The fraction of sp³-hybridized carbons (Fsp3) is 1.00. The zero-order valence-electron chi connectivity index (χ0n) is 12.1. The largest absolute Gasteiger partial charge is 0.697 e. The molecule has 0 radical (unpaired) electrons. The first-order valence-electron chi connectivity index (χ1n) is 7.44. The molecule has 0 unspecified atom stereocenters. The number of nitrogens with one attached hydrogen (secondary N) is 2. The van der Waals surface area contributed by atoms with Gasteiger partial charge < -0.3 is 10.6 Å². The van der Waals surface area contributed by atoms with Gasteiger partial charge in [-0.15, -0.1) is 9.05 Å². The Balaban J connectivity index is 1.45. The van der Waals surface area contributed by atoms with Gasteiger partial charge in [-0.2, -0.15) is 0 Å². The summed E-state index contributed by atoms with van der Waals surface area (Å²) in [6.45, 7) is 10.8. The maximum Gasteiger partial charge on any atom is 0.697 e. The molecule has 20 heavy (non-hydrogen) atoms. The van der Waals surface area contributed by atoms with Gasteiger partial charge in [0.15, 0.2) is 0 Å². The van der Waals surface area contributed by atoms with Crippen LogP contribution in [0.25, 0.3) is 0 Å². The van der Waals surface area contributed by atoms with Crippen molar-refractivity contribution in [3.8, 4) is 0 Å². The first-order valence-corrected chi connectivity index (χ1v) is 8.53. The summed E-state index contributed by atoms with van der Waals surface area (Å²) < 4.78 is 22.0. The van der Waals surface area contributed by atoms with Crippen LogP contribution >= 0.6 is 8.25 Å². The predicted molar refractivity (Wildman–Crippen MR) is 78.1 cm³/mol. The minimum absolute atomic E-state index is 0.475. The smallest absolute Gasteiger partial charge is 0.314 e. The van der Waals surface area contributed by atoms with Crippen LogP contribution in [-0.2, 0) is 13.6 Å². The molecule has 2 rings (SSSR count). The highest BCUT2D eigenvalue weighted by Crippen LogP contribution is 2.23. The average molecular weight is 305 g/mol. The second kappa shape index (κ2) is 9.73. The molecule has 0 aromatic rings. The van der Waals surface area contributed by atoms with Crippen LogP contribution < -0.4 is 10.6 Å². The molecule has 0 aromatic heterocycles. The zero-order valence-corrected chi connectivity index (χ0v) is 12.9. The van der Waals surface area contributed by atoms with Crippen molar-refractivity contribution in [2.45, 2.75) is 0 Å². The summed E-state index contributed by atoms with van der Waals surface area (Å²) >= 11 is 0. The van der Waals surface area contributed by atoms with Crippen molar-refractivity contribution < 1.29 is 13.6 Å². The van der Waals surface area contributed by atoms with E-state index in [2.05, 4.69) is 20.4 Å². The van der Waals surface area contributed by atoms with Crippen LogP contribution in [0.3, 0.4) is 0 Å². The monoisotopic (exact) mass is 305 g/mol. The summed E-state index contributed by atoms with van der Waals surface area (Å²) in [6.07, 6.45) is 0. The van der Waals surface area contributed by atoms with Crippen molar-refractivity contribution in [1.82, 2.24) is 20.4 Å². The molecule has 0 atom stereocenters. The lowest BCUT2D eigenvalue weighted by Crippen LogP contribution is -2.44. The summed E-state index contributed by atoms with van der Waals surface area (Å²) in [4.78, 5) is 4.61. The van der Waals surface area contributed by atoms with Crippen LogP contribution in [0.2, 0.25) is 0 Å². The standard InChI is InChI=1S/C12H26N4O3P/c17-20(18-11-9-15-5-1-13-2-6-15)19-12-10-16-7-3-14-4-8-16/h13-14H,1-12H2/q+1. The van der Waals surface area contributed by atoms with Gasteiger partial charge in [0.25, 0.3) is 0 Å². The minimum Gasteiger partial charge on any atom is -0.314 e. The normalized spacial score (nSPS) is 22.0. The molecule has 2 fully saturated rings. The Morgan fingerprint density at radius 3 is 1.60 bits per heavy atom. The van der Waals surface area contributed by atoms with E-state index in [1.54, 1.807) is 0 Å². The molecule has 116 valence electrons. The Bertz CT molecular complexity index is 258. The van der Waals surface area contributed by atoms with E-state index in [4.69, 9.17) is 9.05 Å². The maximum atomic E-state index is 11.6. The number of hydrogen-bond donors (Lipinski definition) is 2. The van der Waals surface area contributed by atoms with Gasteiger partial charge in [0.05, 0.1) is 0 Å². The van der Waals surface area contributed by atoms with E-state index >= 15 is 0 Å².